The second-order valence-corrected chi connectivity index (χ2v) is 3.83. The van der Waals surface area contributed by atoms with Crippen LogP contribution in [0.2, 0.25) is 0 Å². The topological polar surface area (TPSA) is 64.3 Å². The van der Waals surface area contributed by atoms with E-state index in [0.29, 0.717) is 19.2 Å². The van der Waals surface area contributed by atoms with Crippen molar-refractivity contribution in [1.82, 2.24) is 5.32 Å². The van der Waals surface area contributed by atoms with Gasteiger partial charge in [-0.15, -0.1) is 0 Å². The maximum absolute atomic E-state index is 10.3. The highest BCUT2D eigenvalue weighted by Crippen LogP contribution is 2.27. The first-order chi connectivity index (χ1) is 6.74. The Balaban J connectivity index is 2.08. The van der Waals surface area contributed by atoms with Gasteiger partial charge < -0.3 is 15.8 Å². The predicted octanol–water partition coefficient (Wildman–Crippen LogP) is 1.25. The van der Waals surface area contributed by atoms with Gasteiger partial charge in [-0.25, -0.2) is 4.79 Å². The van der Waals surface area contributed by atoms with E-state index in [1.54, 1.807) is 0 Å². The summed E-state index contributed by atoms with van der Waals surface area (Å²) < 4.78 is 4.65. The SMILES string of the molecule is CCC1CCCC1NCCOC(N)=O. The van der Waals surface area contributed by atoms with E-state index in [4.69, 9.17) is 5.73 Å². The first kappa shape index (κ1) is 11.3. The maximum Gasteiger partial charge on any atom is 0.404 e. The number of carbonyl (C=O) groups is 1. The predicted molar refractivity (Wildman–Crippen MR) is 55.0 cm³/mol. The van der Waals surface area contributed by atoms with Crippen LogP contribution in [0.3, 0.4) is 0 Å². The van der Waals surface area contributed by atoms with Gasteiger partial charge in [0.15, 0.2) is 0 Å². The zero-order valence-electron chi connectivity index (χ0n) is 8.79. The van der Waals surface area contributed by atoms with Crippen LogP contribution in [0.5, 0.6) is 0 Å². The number of primary amides is 1. The summed E-state index contributed by atoms with van der Waals surface area (Å²) in [5, 5.41) is 3.41. The van der Waals surface area contributed by atoms with Gasteiger partial charge in [-0.2, -0.15) is 0 Å². The molecule has 1 aliphatic carbocycles. The van der Waals surface area contributed by atoms with Gasteiger partial charge in [-0.05, 0) is 18.8 Å². The summed E-state index contributed by atoms with van der Waals surface area (Å²) in [6, 6.07) is 0.608. The van der Waals surface area contributed by atoms with Crippen LogP contribution in [0, 0.1) is 5.92 Å². The average molecular weight is 200 g/mol. The summed E-state index contributed by atoms with van der Waals surface area (Å²) in [5.74, 6) is 0.795. The molecule has 1 rings (SSSR count). The van der Waals surface area contributed by atoms with Crippen molar-refractivity contribution in [1.29, 1.82) is 0 Å². The highest BCUT2D eigenvalue weighted by Gasteiger charge is 2.24. The third kappa shape index (κ3) is 3.54. The van der Waals surface area contributed by atoms with Crippen molar-refractivity contribution < 1.29 is 9.53 Å². The standard InChI is InChI=1S/C10H20N2O2/c1-2-8-4-3-5-9(8)12-6-7-14-10(11)13/h8-9,12H,2-7H2,1H3,(H2,11,13). The third-order valence-corrected chi connectivity index (χ3v) is 2.94. The molecule has 4 nitrogen and oxygen atoms in total. The number of nitrogens with two attached hydrogens (primary N) is 1. The van der Waals surface area contributed by atoms with Crippen LogP contribution in [0.15, 0.2) is 0 Å². The van der Waals surface area contributed by atoms with Gasteiger partial charge in [-0.1, -0.05) is 19.8 Å². The first-order valence-electron chi connectivity index (χ1n) is 5.39. The van der Waals surface area contributed by atoms with Crippen LogP contribution in [-0.4, -0.2) is 25.3 Å². The van der Waals surface area contributed by atoms with Gasteiger partial charge in [0.2, 0.25) is 0 Å². The van der Waals surface area contributed by atoms with Crippen LogP contribution in [0.4, 0.5) is 4.79 Å². The molecule has 0 aliphatic heterocycles. The Hall–Kier alpha value is -0.770. The second kappa shape index (κ2) is 5.86. The summed E-state index contributed by atoms with van der Waals surface area (Å²) in [4.78, 5) is 10.3. The van der Waals surface area contributed by atoms with E-state index < -0.39 is 6.09 Å². The smallest absolute Gasteiger partial charge is 0.404 e. The molecule has 0 aromatic heterocycles. The van der Waals surface area contributed by atoms with Crippen LogP contribution in [0.1, 0.15) is 32.6 Å². The summed E-state index contributed by atoms with van der Waals surface area (Å²) in [7, 11) is 0. The molecule has 82 valence electrons. The minimum Gasteiger partial charge on any atom is -0.448 e. The fourth-order valence-corrected chi connectivity index (χ4v) is 2.19. The number of carbonyl (C=O) groups excluding carboxylic acids is 1. The van der Waals surface area contributed by atoms with Crippen LogP contribution in [-0.2, 0) is 4.74 Å². The van der Waals surface area contributed by atoms with Crippen molar-refractivity contribution >= 4 is 6.09 Å². The second-order valence-electron chi connectivity index (χ2n) is 3.83. The number of hydrogen-bond acceptors (Lipinski definition) is 3. The molecule has 1 amide bonds. The van der Waals surface area contributed by atoms with Crippen molar-refractivity contribution in [2.24, 2.45) is 11.7 Å². The minimum atomic E-state index is -0.690. The molecule has 1 aliphatic rings. The van der Waals surface area contributed by atoms with Crippen LogP contribution >= 0.6 is 0 Å². The Bertz CT molecular complexity index is 185. The molecule has 14 heavy (non-hydrogen) atoms. The first-order valence-corrected chi connectivity index (χ1v) is 5.39. The molecule has 0 bridgehead atoms. The Morgan fingerprint density at radius 2 is 2.36 bits per heavy atom. The lowest BCUT2D eigenvalue weighted by molar-refractivity contribution is 0.155. The molecule has 4 heteroatoms. The van der Waals surface area contributed by atoms with E-state index in [0.717, 1.165) is 5.92 Å². The van der Waals surface area contributed by atoms with Crippen LogP contribution in [0.25, 0.3) is 0 Å². The monoisotopic (exact) mass is 200 g/mol. The van der Waals surface area contributed by atoms with E-state index >= 15 is 0 Å². The Morgan fingerprint density at radius 1 is 1.57 bits per heavy atom. The van der Waals surface area contributed by atoms with Crippen molar-refractivity contribution in [2.75, 3.05) is 13.2 Å². The lowest BCUT2D eigenvalue weighted by Crippen LogP contribution is -2.35. The molecule has 1 fully saturated rings. The van der Waals surface area contributed by atoms with E-state index in [1.165, 1.54) is 25.7 Å². The molecule has 0 aromatic rings. The van der Waals surface area contributed by atoms with Crippen molar-refractivity contribution in [3.8, 4) is 0 Å². The Labute approximate surface area is 85.2 Å². The van der Waals surface area contributed by atoms with Crippen molar-refractivity contribution in [3.63, 3.8) is 0 Å². The van der Waals surface area contributed by atoms with Crippen LogP contribution < -0.4 is 11.1 Å². The largest absolute Gasteiger partial charge is 0.448 e. The molecular weight excluding hydrogens is 180 g/mol. The minimum absolute atomic E-state index is 0.377. The fourth-order valence-electron chi connectivity index (χ4n) is 2.19. The number of ether oxygens (including phenoxy) is 1. The highest BCUT2D eigenvalue weighted by molar-refractivity contribution is 5.64. The van der Waals surface area contributed by atoms with E-state index in [-0.39, 0.29) is 0 Å². The highest BCUT2D eigenvalue weighted by atomic mass is 16.5. The lowest BCUT2D eigenvalue weighted by Gasteiger charge is -2.19. The molecule has 1 saturated carbocycles. The van der Waals surface area contributed by atoms with Crippen molar-refractivity contribution in [2.45, 2.75) is 38.6 Å². The lowest BCUT2D eigenvalue weighted by atomic mass is 10.0. The maximum atomic E-state index is 10.3. The Morgan fingerprint density at radius 3 is 3.00 bits per heavy atom. The van der Waals surface area contributed by atoms with Gasteiger partial charge in [-0.3, -0.25) is 0 Å². The van der Waals surface area contributed by atoms with E-state index in [1.807, 2.05) is 0 Å². The van der Waals surface area contributed by atoms with E-state index in [2.05, 4.69) is 17.0 Å². The summed E-state index contributed by atoms with van der Waals surface area (Å²) in [5.41, 5.74) is 4.85. The molecule has 2 unspecified atom stereocenters. The number of nitrogens with one attached hydrogen (secondary N) is 1. The zero-order valence-corrected chi connectivity index (χ0v) is 8.79. The fraction of sp³-hybridized carbons (Fsp3) is 0.900. The quantitative estimate of drug-likeness (QED) is 0.656. The molecule has 0 aromatic carbocycles. The Kier molecular flexibility index (Phi) is 4.73. The van der Waals surface area contributed by atoms with E-state index in [9.17, 15) is 4.79 Å². The number of hydrogen-bond donors (Lipinski definition) is 2. The number of rotatable bonds is 5. The molecule has 0 heterocycles. The summed E-state index contributed by atoms with van der Waals surface area (Å²) in [6.45, 7) is 3.32. The molecular formula is C10H20N2O2. The molecule has 0 saturated heterocycles. The molecule has 2 atom stereocenters. The average Bonchev–Trinajstić information content (AvgIpc) is 2.59. The normalized spacial score (nSPS) is 26.4. The van der Waals surface area contributed by atoms with Gasteiger partial charge in [0, 0.05) is 12.6 Å². The van der Waals surface area contributed by atoms with Gasteiger partial charge >= 0.3 is 6.09 Å². The summed E-state index contributed by atoms with van der Waals surface area (Å²) in [6.07, 6.45) is 4.42. The van der Waals surface area contributed by atoms with Gasteiger partial charge in [0.25, 0.3) is 0 Å². The third-order valence-electron chi connectivity index (χ3n) is 2.94. The number of amides is 1. The molecule has 0 spiro atoms. The molecule has 3 N–H and O–H groups in total. The summed E-state index contributed by atoms with van der Waals surface area (Å²) >= 11 is 0. The van der Waals surface area contributed by atoms with Gasteiger partial charge in [0.1, 0.15) is 6.61 Å². The molecule has 0 radical (unpaired) electrons. The zero-order chi connectivity index (χ0) is 10.4. The van der Waals surface area contributed by atoms with Gasteiger partial charge in [0.05, 0.1) is 0 Å². The van der Waals surface area contributed by atoms with Crippen molar-refractivity contribution in [3.05, 3.63) is 0 Å².